The molecular weight excluding hydrogens is 296 g/mol. The molecule has 0 aliphatic carbocycles. The lowest BCUT2D eigenvalue weighted by molar-refractivity contribution is -0.127. The van der Waals surface area contributed by atoms with Crippen molar-refractivity contribution in [2.45, 2.75) is 18.4 Å². The molecule has 4 nitrogen and oxygen atoms in total. The van der Waals surface area contributed by atoms with Gasteiger partial charge in [0.15, 0.2) is 0 Å². The van der Waals surface area contributed by atoms with E-state index < -0.39 is 0 Å². The molecular formula is C17H20N2O2S. The predicted molar refractivity (Wildman–Crippen MR) is 89.2 cm³/mol. The summed E-state index contributed by atoms with van der Waals surface area (Å²) in [5.74, 6) is 1.31. The molecule has 0 aliphatic heterocycles. The van der Waals surface area contributed by atoms with E-state index in [1.165, 1.54) is 11.8 Å². The zero-order valence-electron chi connectivity index (χ0n) is 13.1. The third kappa shape index (κ3) is 4.49. The highest BCUT2D eigenvalue weighted by Crippen LogP contribution is 2.22. The Bertz CT molecular complexity index is 632. The second kappa shape index (κ2) is 7.84. The van der Waals surface area contributed by atoms with Gasteiger partial charge in [0.05, 0.1) is 12.9 Å². The summed E-state index contributed by atoms with van der Waals surface area (Å²) >= 11 is 1.52. The number of rotatable bonds is 6. The van der Waals surface area contributed by atoms with Crippen molar-refractivity contribution in [3.63, 3.8) is 0 Å². The minimum Gasteiger partial charge on any atom is -0.496 e. The number of ether oxygens (including phenoxy) is 1. The number of pyridine rings is 1. The molecule has 1 aromatic carbocycles. The molecule has 0 unspecified atom stereocenters. The lowest BCUT2D eigenvalue weighted by Gasteiger charge is -2.19. The van der Waals surface area contributed by atoms with E-state index in [-0.39, 0.29) is 5.91 Å². The molecule has 0 fully saturated rings. The van der Waals surface area contributed by atoms with E-state index in [1.54, 1.807) is 24.4 Å². The minimum atomic E-state index is 0.0883. The number of benzene rings is 1. The Morgan fingerprint density at radius 1 is 1.27 bits per heavy atom. The van der Waals surface area contributed by atoms with Crippen LogP contribution in [0.4, 0.5) is 0 Å². The van der Waals surface area contributed by atoms with Crippen LogP contribution in [0.25, 0.3) is 0 Å². The van der Waals surface area contributed by atoms with Crippen molar-refractivity contribution in [2.75, 3.05) is 19.9 Å². The molecule has 1 amide bonds. The highest BCUT2D eigenvalue weighted by atomic mass is 32.2. The van der Waals surface area contributed by atoms with Gasteiger partial charge in [-0.05, 0) is 25.1 Å². The van der Waals surface area contributed by atoms with Crippen LogP contribution in [0.1, 0.15) is 11.1 Å². The lowest BCUT2D eigenvalue weighted by Crippen LogP contribution is -2.28. The Morgan fingerprint density at radius 2 is 2.00 bits per heavy atom. The van der Waals surface area contributed by atoms with E-state index in [0.717, 1.165) is 21.8 Å². The average Bonchev–Trinajstić information content (AvgIpc) is 2.53. The van der Waals surface area contributed by atoms with Crippen LogP contribution < -0.4 is 4.74 Å². The highest BCUT2D eigenvalue weighted by molar-refractivity contribution is 8.00. The highest BCUT2D eigenvalue weighted by Gasteiger charge is 2.12. The number of amides is 1. The second-order valence-electron chi connectivity index (χ2n) is 5.04. The maximum absolute atomic E-state index is 12.3. The molecule has 0 N–H and O–H groups in total. The molecule has 0 saturated heterocycles. The molecule has 0 spiro atoms. The van der Waals surface area contributed by atoms with E-state index in [0.29, 0.717) is 12.3 Å². The first-order valence-electron chi connectivity index (χ1n) is 7.00. The zero-order valence-corrected chi connectivity index (χ0v) is 13.9. The molecule has 2 aromatic rings. The summed E-state index contributed by atoms with van der Waals surface area (Å²) < 4.78 is 5.36. The van der Waals surface area contributed by atoms with Crippen LogP contribution in [0.5, 0.6) is 5.75 Å². The largest absolute Gasteiger partial charge is 0.496 e. The Kier molecular flexibility index (Phi) is 5.83. The van der Waals surface area contributed by atoms with E-state index in [2.05, 4.69) is 11.1 Å². The number of nitrogens with zero attached hydrogens (tertiary/aromatic N) is 2. The number of aryl methyl sites for hydroxylation is 1. The van der Waals surface area contributed by atoms with Crippen LogP contribution in [0.2, 0.25) is 0 Å². The normalized spacial score (nSPS) is 10.3. The molecule has 5 heteroatoms. The van der Waals surface area contributed by atoms with Gasteiger partial charge in [0.25, 0.3) is 0 Å². The van der Waals surface area contributed by atoms with Gasteiger partial charge in [-0.2, -0.15) is 0 Å². The van der Waals surface area contributed by atoms with Gasteiger partial charge >= 0.3 is 0 Å². The summed E-state index contributed by atoms with van der Waals surface area (Å²) in [6.07, 6.45) is 3.46. The fraction of sp³-hybridized carbons (Fsp3) is 0.294. The first-order chi connectivity index (χ1) is 10.6. The number of carbonyl (C=O) groups excluding carboxylic acids is 1. The fourth-order valence-corrected chi connectivity index (χ4v) is 2.89. The van der Waals surface area contributed by atoms with Gasteiger partial charge in [0.1, 0.15) is 5.75 Å². The molecule has 22 heavy (non-hydrogen) atoms. The first kappa shape index (κ1) is 16.4. The quantitative estimate of drug-likeness (QED) is 0.768. The van der Waals surface area contributed by atoms with E-state index in [4.69, 9.17) is 4.74 Å². The van der Waals surface area contributed by atoms with Gasteiger partial charge in [-0.25, -0.2) is 0 Å². The third-order valence-electron chi connectivity index (χ3n) is 3.28. The maximum Gasteiger partial charge on any atom is 0.232 e. The molecule has 0 saturated carbocycles. The average molecular weight is 316 g/mol. The van der Waals surface area contributed by atoms with Crippen molar-refractivity contribution in [2.24, 2.45) is 0 Å². The number of thioether (sulfide) groups is 1. The Balaban J connectivity index is 1.95. The van der Waals surface area contributed by atoms with Crippen LogP contribution in [0, 0.1) is 6.92 Å². The summed E-state index contributed by atoms with van der Waals surface area (Å²) in [6.45, 7) is 2.57. The van der Waals surface area contributed by atoms with Gasteiger partial charge in [-0.3, -0.25) is 9.78 Å². The van der Waals surface area contributed by atoms with Gasteiger partial charge < -0.3 is 9.64 Å². The molecule has 0 bridgehead atoms. The number of methoxy groups -OCH3 is 1. The van der Waals surface area contributed by atoms with Crippen LogP contribution in [-0.4, -0.2) is 35.7 Å². The Labute approximate surface area is 135 Å². The number of aromatic nitrogens is 1. The van der Waals surface area contributed by atoms with Crippen LogP contribution in [0.15, 0.2) is 47.6 Å². The number of carbonyl (C=O) groups is 1. The maximum atomic E-state index is 12.3. The SMILES string of the molecule is COc1ccc(C)cc1CN(C)C(=O)CSc1ccncc1. The van der Waals surface area contributed by atoms with Crippen molar-refractivity contribution in [1.82, 2.24) is 9.88 Å². The zero-order chi connectivity index (χ0) is 15.9. The van der Waals surface area contributed by atoms with Crippen molar-refractivity contribution in [1.29, 1.82) is 0 Å². The topological polar surface area (TPSA) is 42.4 Å². The van der Waals surface area contributed by atoms with E-state index in [1.807, 2.05) is 38.2 Å². The van der Waals surface area contributed by atoms with E-state index in [9.17, 15) is 4.79 Å². The first-order valence-corrected chi connectivity index (χ1v) is 7.99. The Morgan fingerprint density at radius 3 is 2.68 bits per heavy atom. The molecule has 1 heterocycles. The van der Waals surface area contributed by atoms with Crippen LogP contribution in [0.3, 0.4) is 0 Å². The molecule has 2 rings (SSSR count). The number of hydrogen-bond acceptors (Lipinski definition) is 4. The summed E-state index contributed by atoms with van der Waals surface area (Å²) in [7, 11) is 3.46. The van der Waals surface area contributed by atoms with Gasteiger partial charge in [0.2, 0.25) is 5.91 Å². The van der Waals surface area contributed by atoms with Crippen molar-refractivity contribution < 1.29 is 9.53 Å². The monoisotopic (exact) mass is 316 g/mol. The van der Waals surface area contributed by atoms with Gasteiger partial charge in [-0.15, -0.1) is 11.8 Å². The molecule has 116 valence electrons. The van der Waals surface area contributed by atoms with Crippen molar-refractivity contribution in [3.05, 3.63) is 53.9 Å². The molecule has 0 radical (unpaired) electrons. The smallest absolute Gasteiger partial charge is 0.232 e. The fourth-order valence-electron chi connectivity index (χ4n) is 2.06. The standard InChI is InChI=1S/C17H20N2O2S/c1-13-4-5-16(21-3)14(10-13)11-19(2)17(20)12-22-15-6-8-18-9-7-15/h4-10H,11-12H2,1-3H3. The van der Waals surface area contributed by atoms with Gasteiger partial charge in [-0.1, -0.05) is 17.7 Å². The lowest BCUT2D eigenvalue weighted by atomic mass is 10.1. The van der Waals surface area contributed by atoms with Crippen molar-refractivity contribution in [3.8, 4) is 5.75 Å². The minimum absolute atomic E-state index is 0.0883. The summed E-state index contributed by atoms with van der Waals surface area (Å²) in [6, 6.07) is 9.81. The van der Waals surface area contributed by atoms with Crippen molar-refractivity contribution >= 4 is 17.7 Å². The second-order valence-corrected chi connectivity index (χ2v) is 6.09. The van der Waals surface area contributed by atoms with Gasteiger partial charge in [0, 0.05) is 36.4 Å². The van der Waals surface area contributed by atoms with Crippen LogP contribution in [-0.2, 0) is 11.3 Å². The molecule has 1 aromatic heterocycles. The Hall–Kier alpha value is -2.01. The van der Waals surface area contributed by atoms with E-state index >= 15 is 0 Å². The van der Waals surface area contributed by atoms with Crippen LogP contribution >= 0.6 is 11.8 Å². The summed E-state index contributed by atoms with van der Waals surface area (Å²) in [4.78, 5) is 19.0. The number of hydrogen-bond donors (Lipinski definition) is 0. The summed E-state index contributed by atoms with van der Waals surface area (Å²) in [5.41, 5.74) is 2.18. The third-order valence-corrected chi connectivity index (χ3v) is 4.28. The molecule has 0 atom stereocenters. The molecule has 0 aliphatic rings. The predicted octanol–water partition coefficient (Wildman–Crippen LogP) is 3.15. The summed E-state index contributed by atoms with van der Waals surface area (Å²) in [5, 5.41) is 0.